The molecule has 0 bridgehead atoms. The van der Waals surface area contributed by atoms with E-state index in [1.165, 1.54) is 5.56 Å². The van der Waals surface area contributed by atoms with Crippen LogP contribution in [0.5, 0.6) is 11.5 Å². The summed E-state index contributed by atoms with van der Waals surface area (Å²) in [5, 5.41) is 2.83. The zero-order valence-electron chi connectivity index (χ0n) is 14.8. The number of ether oxygens (including phenoxy) is 2. The van der Waals surface area contributed by atoms with Gasteiger partial charge in [-0.25, -0.2) is 0 Å². The van der Waals surface area contributed by atoms with Crippen LogP contribution in [-0.4, -0.2) is 25.2 Å². The predicted molar refractivity (Wildman–Crippen MR) is 95.7 cm³/mol. The SMILES string of the molecule is Cc1ccc(OC(C)C(=O)NCCOc2ccccc2C)cc1C. The third kappa shape index (κ3) is 5.01. The third-order valence-electron chi connectivity index (χ3n) is 3.91. The number of carbonyl (C=O) groups excluding carboxylic acids is 1. The Morgan fingerprint density at radius 2 is 1.79 bits per heavy atom. The summed E-state index contributed by atoms with van der Waals surface area (Å²) in [6.07, 6.45) is -0.550. The van der Waals surface area contributed by atoms with E-state index in [4.69, 9.17) is 9.47 Å². The first-order chi connectivity index (χ1) is 11.5. The number of nitrogens with one attached hydrogen (secondary N) is 1. The fourth-order valence-electron chi connectivity index (χ4n) is 2.24. The molecule has 0 spiro atoms. The zero-order valence-corrected chi connectivity index (χ0v) is 14.8. The van der Waals surface area contributed by atoms with Crippen LogP contribution in [0, 0.1) is 20.8 Å². The molecule has 24 heavy (non-hydrogen) atoms. The second kappa shape index (κ2) is 8.39. The van der Waals surface area contributed by atoms with Gasteiger partial charge in [0, 0.05) is 0 Å². The standard InChI is InChI=1S/C20H25NO3/c1-14-9-10-18(13-16(14)3)24-17(4)20(22)21-11-12-23-19-8-6-5-7-15(19)2/h5-10,13,17H,11-12H2,1-4H3,(H,21,22). The minimum Gasteiger partial charge on any atom is -0.491 e. The number of carbonyl (C=O) groups is 1. The molecule has 0 saturated heterocycles. The second-order valence-electron chi connectivity index (χ2n) is 5.91. The molecule has 0 radical (unpaired) electrons. The lowest BCUT2D eigenvalue weighted by molar-refractivity contribution is -0.127. The van der Waals surface area contributed by atoms with Crippen LogP contribution >= 0.6 is 0 Å². The number of hydrogen-bond acceptors (Lipinski definition) is 3. The van der Waals surface area contributed by atoms with Crippen molar-refractivity contribution in [2.45, 2.75) is 33.8 Å². The molecule has 0 aliphatic carbocycles. The van der Waals surface area contributed by atoms with Gasteiger partial charge in [-0.15, -0.1) is 0 Å². The molecule has 1 N–H and O–H groups in total. The number of para-hydroxylation sites is 1. The first-order valence-corrected chi connectivity index (χ1v) is 8.17. The van der Waals surface area contributed by atoms with E-state index in [0.29, 0.717) is 18.9 Å². The first-order valence-electron chi connectivity index (χ1n) is 8.17. The van der Waals surface area contributed by atoms with E-state index in [2.05, 4.69) is 5.32 Å². The van der Waals surface area contributed by atoms with Gasteiger partial charge in [-0.2, -0.15) is 0 Å². The maximum absolute atomic E-state index is 12.1. The fraction of sp³-hybridized carbons (Fsp3) is 0.350. The van der Waals surface area contributed by atoms with E-state index in [9.17, 15) is 4.79 Å². The van der Waals surface area contributed by atoms with E-state index < -0.39 is 6.10 Å². The summed E-state index contributed by atoms with van der Waals surface area (Å²) in [5.41, 5.74) is 3.43. The van der Waals surface area contributed by atoms with E-state index in [-0.39, 0.29) is 5.91 Å². The first kappa shape index (κ1) is 17.9. The smallest absolute Gasteiger partial charge is 0.260 e. The number of aryl methyl sites for hydroxylation is 3. The number of amides is 1. The van der Waals surface area contributed by atoms with Crippen LogP contribution in [0.25, 0.3) is 0 Å². The molecule has 0 saturated carbocycles. The number of rotatable bonds is 7. The minimum absolute atomic E-state index is 0.151. The average Bonchev–Trinajstić information content (AvgIpc) is 2.56. The Hall–Kier alpha value is -2.49. The molecule has 1 unspecified atom stereocenters. The molecule has 4 nitrogen and oxygen atoms in total. The second-order valence-corrected chi connectivity index (χ2v) is 5.91. The van der Waals surface area contributed by atoms with Crippen molar-refractivity contribution in [2.75, 3.05) is 13.2 Å². The van der Waals surface area contributed by atoms with Crippen molar-refractivity contribution in [3.05, 3.63) is 59.2 Å². The zero-order chi connectivity index (χ0) is 17.5. The maximum Gasteiger partial charge on any atom is 0.260 e. The molecule has 2 aromatic rings. The van der Waals surface area contributed by atoms with Gasteiger partial charge in [-0.05, 0) is 62.6 Å². The predicted octanol–water partition coefficient (Wildman–Crippen LogP) is 3.57. The van der Waals surface area contributed by atoms with Gasteiger partial charge in [0.15, 0.2) is 6.10 Å². The van der Waals surface area contributed by atoms with Crippen molar-refractivity contribution in [1.29, 1.82) is 0 Å². The van der Waals surface area contributed by atoms with Gasteiger partial charge >= 0.3 is 0 Å². The molecule has 0 heterocycles. The molecule has 0 fully saturated rings. The molecule has 1 atom stereocenters. The highest BCUT2D eigenvalue weighted by atomic mass is 16.5. The van der Waals surface area contributed by atoms with Crippen molar-refractivity contribution in [2.24, 2.45) is 0 Å². The van der Waals surface area contributed by atoms with Crippen molar-refractivity contribution in [3.8, 4) is 11.5 Å². The summed E-state index contributed by atoms with van der Waals surface area (Å²) in [6, 6.07) is 13.6. The topological polar surface area (TPSA) is 47.6 Å². The van der Waals surface area contributed by atoms with E-state index in [1.807, 2.05) is 63.2 Å². The molecule has 128 valence electrons. The Kier molecular flexibility index (Phi) is 6.24. The maximum atomic E-state index is 12.1. The van der Waals surface area contributed by atoms with Gasteiger partial charge in [0.05, 0.1) is 6.54 Å². The van der Waals surface area contributed by atoms with Crippen molar-refractivity contribution >= 4 is 5.91 Å². The molecular formula is C20H25NO3. The Bertz CT molecular complexity index is 697. The summed E-state index contributed by atoms with van der Waals surface area (Å²) < 4.78 is 11.4. The molecule has 2 aromatic carbocycles. The highest BCUT2D eigenvalue weighted by molar-refractivity contribution is 5.80. The Labute approximate surface area is 143 Å². The van der Waals surface area contributed by atoms with Crippen LogP contribution in [-0.2, 0) is 4.79 Å². The molecular weight excluding hydrogens is 302 g/mol. The van der Waals surface area contributed by atoms with Crippen LogP contribution in [0.4, 0.5) is 0 Å². The summed E-state index contributed by atoms with van der Waals surface area (Å²) in [4.78, 5) is 12.1. The molecule has 1 amide bonds. The van der Waals surface area contributed by atoms with Crippen molar-refractivity contribution < 1.29 is 14.3 Å². The number of hydrogen-bond donors (Lipinski definition) is 1. The van der Waals surface area contributed by atoms with Crippen LogP contribution in [0.3, 0.4) is 0 Å². The largest absolute Gasteiger partial charge is 0.491 e. The van der Waals surface area contributed by atoms with Crippen molar-refractivity contribution in [1.82, 2.24) is 5.32 Å². The van der Waals surface area contributed by atoms with Gasteiger partial charge in [0.2, 0.25) is 0 Å². The lowest BCUT2D eigenvalue weighted by atomic mass is 10.1. The van der Waals surface area contributed by atoms with Crippen LogP contribution in [0.15, 0.2) is 42.5 Å². The molecule has 4 heteroatoms. The van der Waals surface area contributed by atoms with Crippen LogP contribution in [0.1, 0.15) is 23.6 Å². The molecule has 0 aromatic heterocycles. The Morgan fingerprint density at radius 1 is 1.04 bits per heavy atom. The summed E-state index contributed by atoms with van der Waals surface area (Å²) in [5.74, 6) is 1.39. The lowest BCUT2D eigenvalue weighted by Crippen LogP contribution is -2.38. The quantitative estimate of drug-likeness (QED) is 0.791. The Balaban J connectivity index is 1.75. The summed E-state index contributed by atoms with van der Waals surface area (Å²) >= 11 is 0. The van der Waals surface area contributed by atoms with Crippen LogP contribution < -0.4 is 14.8 Å². The van der Waals surface area contributed by atoms with Gasteiger partial charge in [-0.3, -0.25) is 4.79 Å². The summed E-state index contributed by atoms with van der Waals surface area (Å²) in [7, 11) is 0. The van der Waals surface area contributed by atoms with Gasteiger partial charge in [0.25, 0.3) is 5.91 Å². The monoisotopic (exact) mass is 327 g/mol. The van der Waals surface area contributed by atoms with Gasteiger partial charge < -0.3 is 14.8 Å². The minimum atomic E-state index is -0.550. The lowest BCUT2D eigenvalue weighted by Gasteiger charge is -2.16. The normalized spacial score (nSPS) is 11.7. The van der Waals surface area contributed by atoms with E-state index >= 15 is 0 Å². The molecule has 0 aliphatic rings. The van der Waals surface area contributed by atoms with Crippen molar-refractivity contribution in [3.63, 3.8) is 0 Å². The molecule has 2 rings (SSSR count). The average molecular weight is 327 g/mol. The summed E-state index contributed by atoms with van der Waals surface area (Å²) in [6.45, 7) is 8.67. The molecule has 0 aliphatic heterocycles. The van der Waals surface area contributed by atoms with Crippen LogP contribution in [0.2, 0.25) is 0 Å². The highest BCUT2D eigenvalue weighted by Gasteiger charge is 2.14. The fourth-order valence-corrected chi connectivity index (χ4v) is 2.24. The van der Waals surface area contributed by atoms with E-state index in [1.54, 1.807) is 6.92 Å². The Morgan fingerprint density at radius 3 is 2.50 bits per heavy atom. The van der Waals surface area contributed by atoms with Gasteiger partial charge in [0.1, 0.15) is 18.1 Å². The third-order valence-corrected chi connectivity index (χ3v) is 3.91. The number of benzene rings is 2. The van der Waals surface area contributed by atoms with Gasteiger partial charge in [-0.1, -0.05) is 24.3 Å². The van der Waals surface area contributed by atoms with E-state index in [0.717, 1.165) is 16.9 Å². The highest BCUT2D eigenvalue weighted by Crippen LogP contribution is 2.18.